The van der Waals surface area contributed by atoms with Crippen LogP contribution in [0, 0.1) is 15.6 Å². The van der Waals surface area contributed by atoms with Gasteiger partial charge in [-0.25, -0.2) is 13.8 Å². The average molecular weight is 619 g/mol. The van der Waals surface area contributed by atoms with Crippen molar-refractivity contribution in [2.45, 2.75) is 56.1 Å². The summed E-state index contributed by atoms with van der Waals surface area (Å²) in [6.45, 7) is 2.27. The van der Waals surface area contributed by atoms with Crippen molar-refractivity contribution in [3.05, 3.63) is 46.2 Å². The molecule has 13 nitrogen and oxygen atoms in total. The van der Waals surface area contributed by atoms with E-state index in [1.54, 1.807) is 40.6 Å². The summed E-state index contributed by atoms with van der Waals surface area (Å²) in [5, 5.41) is 25.6. The Morgan fingerprint density at radius 1 is 1.19 bits per heavy atom. The number of nitrogens with zero attached hydrogens (tertiary/aromatic N) is 1. The summed E-state index contributed by atoms with van der Waals surface area (Å²) in [6, 6.07) is 7.33. The van der Waals surface area contributed by atoms with E-state index in [9.17, 15) is 23.4 Å². The maximum absolute atomic E-state index is 13.1. The highest BCUT2D eigenvalue weighted by atomic mass is 32.2. The molecule has 4 amide bonds. The van der Waals surface area contributed by atoms with Crippen molar-refractivity contribution >= 4 is 50.7 Å². The van der Waals surface area contributed by atoms with Gasteiger partial charge in [0.1, 0.15) is 17.6 Å². The number of carbonyl (C=O) groups excluding carboxylic acids is 3. The van der Waals surface area contributed by atoms with Gasteiger partial charge < -0.3 is 25.4 Å². The van der Waals surface area contributed by atoms with E-state index in [1.165, 1.54) is 17.6 Å². The zero-order valence-electron chi connectivity index (χ0n) is 23.2. The van der Waals surface area contributed by atoms with Gasteiger partial charge in [-0.15, -0.1) is 11.3 Å². The van der Waals surface area contributed by atoms with E-state index in [0.717, 1.165) is 11.3 Å². The van der Waals surface area contributed by atoms with Crippen molar-refractivity contribution in [3.8, 4) is 5.75 Å². The number of carboxylic acid groups (broad SMARTS) is 1. The number of nitrogens with one attached hydrogen (secondary N) is 5. The number of fused-ring (bicyclic) bond motifs is 1. The smallest absolute Gasteiger partial charge is 0.410 e. The number of benzene rings is 1. The minimum Gasteiger partial charge on any atom is -0.494 e. The predicted octanol–water partition coefficient (Wildman–Crippen LogP) is 2.35. The molecule has 1 aromatic carbocycles. The maximum Gasteiger partial charge on any atom is 0.410 e. The van der Waals surface area contributed by atoms with Crippen LogP contribution >= 0.6 is 11.3 Å². The number of likely N-dealkylation sites (tertiary alicyclic amines) is 1. The van der Waals surface area contributed by atoms with Crippen LogP contribution in [-0.2, 0) is 30.7 Å². The van der Waals surface area contributed by atoms with Gasteiger partial charge in [0, 0.05) is 39.4 Å². The fourth-order valence-electron chi connectivity index (χ4n) is 5.01. The zero-order chi connectivity index (χ0) is 30.7. The van der Waals surface area contributed by atoms with Crippen LogP contribution < -0.4 is 20.7 Å². The van der Waals surface area contributed by atoms with Gasteiger partial charge >= 0.3 is 6.09 Å². The van der Waals surface area contributed by atoms with E-state index >= 15 is 0 Å². The number of carbonyl (C=O) groups is 4. The summed E-state index contributed by atoms with van der Waals surface area (Å²) < 4.78 is 24.9. The minimum absolute atomic E-state index is 0.0514. The largest absolute Gasteiger partial charge is 0.494 e. The lowest BCUT2D eigenvalue weighted by Gasteiger charge is -2.27. The summed E-state index contributed by atoms with van der Waals surface area (Å²) in [4.78, 5) is 52.0. The normalized spacial score (nSPS) is 21.9. The second-order valence-corrected chi connectivity index (χ2v) is 13.9. The lowest BCUT2D eigenvalue weighted by molar-refractivity contribution is -0.140. The van der Waals surface area contributed by atoms with Gasteiger partial charge in [-0.05, 0) is 55.0 Å². The number of thiophene rings is 1. The number of rotatable bonds is 12. The summed E-state index contributed by atoms with van der Waals surface area (Å²) in [6.07, 6.45) is 1.91. The molecule has 1 saturated heterocycles. The van der Waals surface area contributed by atoms with Crippen molar-refractivity contribution in [1.29, 1.82) is 10.2 Å². The predicted molar refractivity (Wildman–Crippen MR) is 155 cm³/mol. The summed E-state index contributed by atoms with van der Waals surface area (Å²) in [7, 11) is -2.79. The van der Waals surface area contributed by atoms with E-state index in [4.69, 9.17) is 20.0 Å². The molecule has 0 radical (unpaired) electrons. The van der Waals surface area contributed by atoms with E-state index in [2.05, 4.69) is 10.6 Å². The maximum atomic E-state index is 13.1. The second-order valence-electron chi connectivity index (χ2n) is 10.8. The van der Waals surface area contributed by atoms with Crippen LogP contribution in [0.4, 0.5) is 4.79 Å². The van der Waals surface area contributed by atoms with Crippen LogP contribution in [0.15, 0.2) is 40.6 Å². The third-order valence-electron chi connectivity index (χ3n) is 7.36. The molecule has 0 bridgehead atoms. The summed E-state index contributed by atoms with van der Waals surface area (Å²) in [5.74, 6) is -0.641. The van der Waals surface area contributed by atoms with Gasteiger partial charge in [0.2, 0.25) is 17.7 Å². The molecule has 1 aromatic heterocycles. The molecule has 15 heteroatoms. The van der Waals surface area contributed by atoms with Crippen molar-refractivity contribution in [1.82, 2.24) is 20.9 Å². The Bertz CT molecular complexity index is 1490. The van der Waals surface area contributed by atoms with Crippen molar-refractivity contribution in [2.75, 3.05) is 19.4 Å². The molecule has 1 unspecified atom stereocenters. The Morgan fingerprint density at radius 3 is 2.57 bits per heavy atom. The Balaban J connectivity index is 1.21. The van der Waals surface area contributed by atoms with Crippen LogP contribution in [-0.4, -0.2) is 75.4 Å². The van der Waals surface area contributed by atoms with Crippen LogP contribution in [0.3, 0.4) is 0 Å². The molecule has 42 heavy (non-hydrogen) atoms. The van der Waals surface area contributed by atoms with Crippen LogP contribution in [0.5, 0.6) is 5.75 Å². The summed E-state index contributed by atoms with van der Waals surface area (Å²) >= 11 is 1.28. The molecule has 6 N–H and O–H groups in total. The van der Waals surface area contributed by atoms with Crippen LogP contribution in [0.2, 0.25) is 0 Å². The van der Waals surface area contributed by atoms with Gasteiger partial charge in [-0.3, -0.25) is 25.1 Å². The van der Waals surface area contributed by atoms with Crippen molar-refractivity contribution < 1.29 is 33.2 Å². The van der Waals surface area contributed by atoms with E-state index in [-0.39, 0.29) is 61.1 Å². The molecule has 2 fully saturated rings. The molecule has 4 rings (SSSR count). The van der Waals surface area contributed by atoms with Crippen molar-refractivity contribution in [3.63, 3.8) is 0 Å². The molecular weight excluding hydrogens is 584 g/mol. The first-order valence-electron chi connectivity index (χ1n) is 13.3. The number of piperidine rings is 1. The topological polar surface area (TPSA) is 202 Å². The number of hydrogen-bond acceptors (Lipinski definition) is 9. The van der Waals surface area contributed by atoms with Gasteiger partial charge in [-0.1, -0.05) is 6.92 Å². The molecule has 1 saturated carbocycles. The minimum atomic E-state index is -2.79. The highest BCUT2D eigenvalue weighted by molar-refractivity contribution is 7.91. The molecule has 226 valence electrons. The fraction of sp³-hybridized carbons (Fsp3) is 0.444. The lowest BCUT2D eigenvalue weighted by atomic mass is 10.0. The zero-order valence-corrected chi connectivity index (χ0v) is 24.9. The third-order valence-corrected chi connectivity index (χ3v) is 9.47. The van der Waals surface area contributed by atoms with Gasteiger partial charge in [0.05, 0.1) is 29.4 Å². The molecule has 1 aliphatic carbocycles. The lowest BCUT2D eigenvalue weighted by Crippen LogP contribution is -2.50. The number of ether oxygens (including phenoxy) is 1. The van der Waals surface area contributed by atoms with Gasteiger partial charge in [0.25, 0.3) is 0 Å². The van der Waals surface area contributed by atoms with E-state index in [0.29, 0.717) is 29.1 Å². The van der Waals surface area contributed by atoms with Crippen LogP contribution in [0.25, 0.3) is 0 Å². The highest BCUT2D eigenvalue weighted by Gasteiger charge is 2.64. The quantitative estimate of drug-likeness (QED) is 0.119. The molecular formula is C27H34N6O7S2. The van der Waals surface area contributed by atoms with Crippen LogP contribution in [0.1, 0.15) is 43.0 Å². The third kappa shape index (κ3) is 7.64. The monoisotopic (exact) mass is 618 g/mol. The highest BCUT2D eigenvalue weighted by Crippen LogP contribution is 2.59. The summed E-state index contributed by atoms with van der Waals surface area (Å²) in [5.41, 5.74) is 0.271. The van der Waals surface area contributed by atoms with E-state index < -0.39 is 21.9 Å². The second kappa shape index (κ2) is 12.5. The molecule has 2 aliphatic rings. The average Bonchev–Trinajstić information content (AvgIpc) is 3.24. The Hall–Kier alpha value is -3.98. The first-order chi connectivity index (χ1) is 19.8. The van der Waals surface area contributed by atoms with Crippen molar-refractivity contribution in [2.24, 2.45) is 5.41 Å². The number of amidine groups is 1. The Kier molecular flexibility index (Phi) is 9.21. The fourth-order valence-corrected chi connectivity index (χ4v) is 6.48. The first-order valence-corrected chi connectivity index (χ1v) is 16.1. The van der Waals surface area contributed by atoms with E-state index in [1.807, 2.05) is 12.2 Å². The molecule has 1 aliphatic heterocycles. The SMILES string of the molecule is C[C@@]12C[C@@H]1N(C(=O)CNC(=O)CCCOc1ccc(S(C)(=N)=O)cc1)[C@H](C(=O)NCc1cc(C(=N)NC(=O)O)cs1)C2. The Morgan fingerprint density at radius 2 is 1.90 bits per heavy atom. The number of amides is 4. The molecule has 2 aromatic rings. The van der Waals surface area contributed by atoms with Gasteiger partial charge in [-0.2, -0.15) is 0 Å². The first kappa shape index (κ1) is 31.0. The standard InChI is InChI=1S/C27H34N6O7S2/c1-27-11-20(25(36)31-13-18-10-16(15-41-18)24(28)32-26(37)38)33(21(27)12-27)23(35)14-30-22(34)4-3-9-40-17-5-7-19(8-6-17)42(2,29)39/h5-8,10,15,20-21,29H,3-4,9,11-14H2,1-2H3,(H2,28,32)(H,30,34)(H,31,36)(H,37,38)/t20-,21-,27+,42?/m0/s1. The molecule has 2 heterocycles. The molecule has 4 atom stereocenters. The number of hydrogen-bond donors (Lipinski definition) is 6. The molecule has 0 spiro atoms. The Labute approximate surface area is 247 Å². The van der Waals surface area contributed by atoms with Gasteiger partial charge in [0.15, 0.2) is 0 Å².